The van der Waals surface area contributed by atoms with Crippen molar-refractivity contribution in [3.05, 3.63) is 63.0 Å². The third kappa shape index (κ3) is 4.44. The first-order valence-electron chi connectivity index (χ1n) is 9.63. The Morgan fingerprint density at radius 2 is 2.00 bits per heavy atom. The average Bonchev–Trinajstić information content (AvgIpc) is 2.70. The highest BCUT2D eigenvalue weighted by Gasteiger charge is 2.35. The fourth-order valence-corrected chi connectivity index (χ4v) is 5.85. The number of anilines is 1. The van der Waals surface area contributed by atoms with Gasteiger partial charge in [-0.2, -0.15) is 0 Å². The standard InChI is InChI=1S/C21H22BrN3O2S2/c1-13(20(27)23-17-6-3-2-5-16(17)22)29-21(28)24-10-14-9-15(12-24)18-7-4-8-19(26)25(18)11-14/h2-8,13-15H,9-12H2,1H3,(H,23,27)/t13-,14-,15+/m1/s1. The smallest absolute Gasteiger partial charge is 0.250 e. The van der Waals surface area contributed by atoms with E-state index in [1.165, 1.54) is 11.8 Å². The fraction of sp³-hybridized carbons (Fsp3) is 0.381. The number of para-hydroxylation sites is 1. The first-order valence-corrected chi connectivity index (χ1v) is 11.7. The minimum Gasteiger partial charge on any atom is -0.356 e. The number of hydrogen-bond donors (Lipinski definition) is 1. The Kier molecular flexibility index (Phi) is 6.13. The molecule has 1 fully saturated rings. The number of thiocarbonyl (C=S) groups is 1. The molecular weight excluding hydrogens is 470 g/mol. The van der Waals surface area contributed by atoms with Gasteiger partial charge in [0.25, 0.3) is 5.56 Å². The Hall–Kier alpha value is -1.64. The fourth-order valence-electron chi connectivity index (χ4n) is 4.12. The monoisotopic (exact) mass is 491 g/mol. The topological polar surface area (TPSA) is 54.3 Å². The highest BCUT2D eigenvalue weighted by Crippen LogP contribution is 2.36. The van der Waals surface area contributed by atoms with Gasteiger partial charge in [0, 0.05) is 41.8 Å². The second-order valence-corrected chi connectivity index (χ2v) is 10.4. The number of hydrogen-bond acceptors (Lipinski definition) is 4. The first-order chi connectivity index (χ1) is 13.9. The summed E-state index contributed by atoms with van der Waals surface area (Å²) in [5, 5.41) is 2.65. The van der Waals surface area contributed by atoms with Crippen molar-refractivity contribution < 1.29 is 4.79 Å². The number of pyridine rings is 1. The van der Waals surface area contributed by atoms with Crippen molar-refractivity contribution in [1.29, 1.82) is 0 Å². The number of amides is 1. The minimum atomic E-state index is -0.300. The van der Waals surface area contributed by atoms with Gasteiger partial charge >= 0.3 is 0 Å². The molecule has 0 aliphatic carbocycles. The van der Waals surface area contributed by atoms with Crippen LogP contribution >= 0.6 is 39.9 Å². The van der Waals surface area contributed by atoms with Gasteiger partial charge in [0.1, 0.15) is 4.32 Å². The molecular formula is C21H22BrN3O2S2. The van der Waals surface area contributed by atoms with Crippen molar-refractivity contribution in [3.63, 3.8) is 0 Å². The van der Waals surface area contributed by atoms with Gasteiger partial charge < -0.3 is 14.8 Å². The van der Waals surface area contributed by atoms with Crippen LogP contribution in [0.4, 0.5) is 5.69 Å². The van der Waals surface area contributed by atoms with Crippen molar-refractivity contribution in [1.82, 2.24) is 9.47 Å². The van der Waals surface area contributed by atoms with Gasteiger partial charge in [-0.25, -0.2) is 0 Å². The third-order valence-corrected chi connectivity index (χ3v) is 7.78. The van der Waals surface area contributed by atoms with Crippen LogP contribution in [0.3, 0.4) is 0 Å². The number of piperidine rings is 1. The van der Waals surface area contributed by atoms with Crippen LogP contribution in [0.1, 0.15) is 25.0 Å². The number of nitrogens with one attached hydrogen (secondary N) is 1. The van der Waals surface area contributed by atoms with Crippen molar-refractivity contribution in [3.8, 4) is 0 Å². The Labute approximate surface area is 188 Å². The molecule has 8 heteroatoms. The lowest BCUT2D eigenvalue weighted by Gasteiger charge is -2.43. The molecule has 2 aliphatic rings. The van der Waals surface area contributed by atoms with E-state index in [9.17, 15) is 9.59 Å². The van der Waals surface area contributed by atoms with E-state index in [1.807, 2.05) is 41.8 Å². The van der Waals surface area contributed by atoms with E-state index in [2.05, 4.69) is 32.2 Å². The minimum absolute atomic E-state index is 0.0710. The van der Waals surface area contributed by atoms with Crippen LogP contribution in [-0.2, 0) is 11.3 Å². The number of fused-ring (bicyclic) bond motifs is 4. The number of halogens is 1. The SMILES string of the molecule is C[C@@H](SC(=S)N1C[C@H]2C[C@@H](C1)c1cccc(=O)n1C2)C(=O)Nc1ccccc1Br. The van der Waals surface area contributed by atoms with E-state index in [0.29, 0.717) is 11.8 Å². The predicted molar refractivity (Wildman–Crippen MR) is 126 cm³/mol. The maximum Gasteiger partial charge on any atom is 0.250 e. The van der Waals surface area contributed by atoms with Gasteiger partial charge in [-0.1, -0.05) is 42.2 Å². The lowest BCUT2D eigenvalue weighted by Crippen LogP contribution is -2.48. The van der Waals surface area contributed by atoms with Gasteiger partial charge in [-0.15, -0.1) is 0 Å². The molecule has 0 spiro atoms. The highest BCUT2D eigenvalue weighted by atomic mass is 79.9. The van der Waals surface area contributed by atoms with E-state index in [-0.39, 0.29) is 16.7 Å². The van der Waals surface area contributed by atoms with Crippen LogP contribution < -0.4 is 10.9 Å². The number of aromatic nitrogens is 1. The molecule has 0 saturated carbocycles. The largest absolute Gasteiger partial charge is 0.356 e. The molecule has 0 radical (unpaired) electrons. The van der Waals surface area contributed by atoms with Crippen LogP contribution in [0.2, 0.25) is 0 Å². The van der Waals surface area contributed by atoms with Gasteiger partial charge in [0.05, 0.1) is 10.9 Å². The maximum absolute atomic E-state index is 12.6. The number of nitrogens with zero attached hydrogens (tertiary/aromatic N) is 2. The molecule has 2 aliphatic heterocycles. The van der Waals surface area contributed by atoms with Crippen molar-refractivity contribution in [2.45, 2.75) is 31.1 Å². The molecule has 2 bridgehead atoms. The molecule has 1 amide bonds. The van der Waals surface area contributed by atoms with E-state index < -0.39 is 0 Å². The van der Waals surface area contributed by atoms with E-state index in [0.717, 1.165) is 46.2 Å². The molecule has 1 N–H and O–H groups in total. The molecule has 3 heterocycles. The zero-order valence-electron chi connectivity index (χ0n) is 16.0. The number of rotatable bonds is 3. The summed E-state index contributed by atoms with van der Waals surface area (Å²) in [4.78, 5) is 27.0. The molecule has 2 aromatic rings. The molecule has 3 atom stereocenters. The van der Waals surface area contributed by atoms with Crippen LogP contribution in [-0.4, -0.2) is 38.0 Å². The summed E-state index contributed by atoms with van der Waals surface area (Å²) in [7, 11) is 0. The van der Waals surface area contributed by atoms with Crippen LogP contribution in [0, 0.1) is 5.92 Å². The number of thioether (sulfide) groups is 1. The van der Waals surface area contributed by atoms with Crippen molar-refractivity contribution in [2.75, 3.05) is 18.4 Å². The normalized spacial score (nSPS) is 21.2. The van der Waals surface area contributed by atoms with Crippen molar-refractivity contribution in [2.24, 2.45) is 5.92 Å². The average molecular weight is 492 g/mol. The van der Waals surface area contributed by atoms with Crippen molar-refractivity contribution >= 4 is 55.8 Å². The molecule has 1 saturated heterocycles. The predicted octanol–water partition coefficient (Wildman–Crippen LogP) is 4.08. The summed E-state index contributed by atoms with van der Waals surface area (Å²) in [5.41, 5.74) is 1.94. The van der Waals surface area contributed by atoms with Crippen LogP contribution in [0.15, 0.2) is 51.7 Å². The van der Waals surface area contributed by atoms with Gasteiger partial charge in [0.2, 0.25) is 5.91 Å². The Bertz CT molecular complexity index is 1010. The summed E-state index contributed by atoms with van der Waals surface area (Å²) in [6, 6.07) is 13.1. The van der Waals surface area contributed by atoms with Gasteiger partial charge in [-0.3, -0.25) is 9.59 Å². The zero-order valence-corrected chi connectivity index (χ0v) is 19.2. The molecule has 0 unspecified atom stereocenters. The number of benzene rings is 1. The molecule has 1 aromatic carbocycles. The third-order valence-electron chi connectivity index (χ3n) is 5.52. The first kappa shape index (κ1) is 20.6. The number of carbonyl (C=O) groups is 1. The molecule has 152 valence electrons. The lowest BCUT2D eigenvalue weighted by molar-refractivity contribution is -0.115. The molecule has 29 heavy (non-hydrogen) atoms. The summed E-state index contributed by atoms with van der Waals surface area (Å²) >= 11 is 10.6. The van der Waals surface area contributed by atoms with E-state index in [4.69, 9.17) is 12.2 Å². The second kappa shape index (κ2) is 8.62. The molecule has 4 rings (SSSR count). The quantitative estimate of drug-likeness (QED) is 0.655. The second-order valence-electron chi connectivity index (χ2n) is 7.60. The van der Waals surface area contributed by atoms with Gasteiger partial charge in [-0.05, 0) is 53.4 Å². The number of carbonyl (C=O) groups excluding carboxylic acids is 1. The summed E-state index contributed by atoms with van der Waals surface area (Å²) in [5.74, 6) is 0.641. The molecule has 5 nitrogen and oxygen atoms in total. The maximum atomic E-state index is 12.6. The highest BCUT2D eigenvalue weighted by molar-refractivity contribution is 9.10. The van der Waals surface area contributed by atoms with E-state index in [1.54, 1.807) is 6.07 Å². The molecule has 1 aromatic heterocycles. The summed E-state index contributed by atoms with van der Waals surface area (Å²) < 4.78 is 3.52. The zero-order chi connectivity index (χ0) is 20.5. The van der Waals surface area contributed by atoms with Gasteiger partial charge in [0.15, 0.2) is 0 Å². The van der Waals surface area contributed by atoms with E-state index >= 15 is 0 Å². The Morgan fingerprint density at radius 1 is 1.21 bits per heavy atom. The lowest BCUT2D eigenvalue weighted by atomic mass is 9.83. The van der Waals surface area contributed by atoms with Crippen LogP contribution in [0.5, 0.6) is 0 Å². The Balaban J connectivity index is 1.40. The Morgan fingerprint density at radius 3 is 2.79 bits per heavy atom. The summed E-state index contributed by atoms with van der Waals surface area (Å²) in [6.45, 7) is 4.25. The van der Waals surface area contributed by atoms with Crippen LogP contribution in [0.25, 0.3) is 0 Å². The number of likely N-dealkylation sites (tertiary alicyclic amines) is 1. The summed E-state index contributed by atoms with van der Waals surface area (Å²) in [6.07, 6.45) is 1.09.